The second-order valence-corrected chi connectivity index (χ2v) is 5.30. The minimum Gasteiger partial charge on any atom is -0.306 e. The molecule has 2 heterocycles. The molecule has 1 N–H and O–H groups in total. The highest BCUT2D eigenvalue weighted by atomic mass is 15.4. The molecule has 2 aromatic heterocycles. The number of hydrogen-bond acceptors (Lipinski definition) is 5. The second-order valence-electron chi connectivity index (χ2n) is 5.30. The number of nitrogens with one attached hydrogen (secondary N) is 1. The van der Waals surface area contributed by atoms with E-state index in [9.17, 15) is 0 Å². The van der Waals surface area contributed by atoms with Gasteiger partial charge in [-0.15, -0.1) is 0 Å². The molecule has 0 saturated heterocycles. The SMILES string of the molecule is C/C(=N/Nc1nc(C)cc(C)n1)c1ccc(-n2ccnc2)cc1. The molecule has 6 heteroatoms. The van der Waals surface area contributed by atoms with Crippen LogP contribution in [0.5, 0.6) is 0 Å². The van der Waals surface area contributed by atoms with Crippen molar-refractivity contribution in [2.24, 2.45) is 5.10 Å². The van der Waals surface area contributed by atoms with Crippen LogP contribution in [0.1, 0.15) is 23.9 Å². The summed E-state index contributed by atoms with van der Waals surface area (Å²) in [6.45, 7) is 5.82. The maximum absolute atomic E-state index is 4.36. The smallest absolute Gasteiger partial charge is 0.243 e. The molecule has 0 fully saturated rings. The lowest BCUT2D eigenvalue weighted by Gasteiger charge is -2.06. The average molecular weight is 306 g/mol. The number of hydrazone groups is 1. The molecule has 0 amide bonds. The Morgan fingerprint density at radius 3 is 2.39 bits per heavy atom. The van der Waals surface area contributed by atoms with Gasteiger partial charge in [-0.2, -0.15) is 5.10 Å². The minimum atomic E-state index is 0.511. The molecule has 23 heavy (non-hydrogen) atoms. The van der Waals surface area contributed by atoms with Crippen molar-refractivity contribution in [2.45, 2.75) is 20.8 Å². The Morgan fingerprint density at radius 2 is 1.78 bits per heavy atom. The zero-order valence-corrected chi connectivity index (χ0v) is 13.4. The van der Waals surface area contributed by atoms with E-state index < -0.39 is 0 Å². The average Bonchev–Trinajstić information content (AvgIpc) is 3.06. The Morgan fingerprint density at radius 1 is 1.09 bits per heavy atom. The summed E-state index contributed by atoms with van der Waals surface area (Å²) >= 11 is 0. The van der Waals surface area contributed by atoms with Crippen LogP contribution < -0.4 is 5.43 Å². The molecule has 0 aliphatic heterocycles. The predicted octanol–water partition coefficient (Wildman–Crippen LogP) is 3.12. The van der Waals surface area contributed by atoms with Crippen molar-refractivity contribution < 1.29 is 0 Å². The van der Waals surface area contributed by atoms with Crippen LogP contribution >= 0.6 is 0 Å². The highest BCUT2D eigenvalue weighted by molar-refractivity contribution is 5.99. The molecule has 0 aliphatic carbocycles. The van der Waals surface area contributed by atoms with Crippen molar-refractivity contribution in [3.05, 3.63) is 66.0 Å². The van der Waals surface area contributed by atoms with E-state index in [1.807, 2.05) is 61.9 Å². The molecule has 1 aromatic carbocycles. The summed E-state index contributed by atoms with van der Waals surface area (Å²) in [6, 6.07) is 10.0. The number of imidazole rings is 1. The van der Waals surface area contributed by atoms with E-state index in [4.69, 9.17) is 0 Å². The number of hydrogen-bond donors (Lipinski definition) is 1. The fourth-order valence-electron chi connectivity index (χ4n) is 2.26. The lowest BCUT2D eigenvalue weighted by molar-refractivity contribution is 1.03. The first-order valence-electron chi connectivity index (χ1n) is 7.33. The van der Waals surface area contributed by atoms with Gasteiger partial charge in [0, 0.05) is 29.5 Å². The fourth-order valence-corrected chi connectivity index (χ4v) is 2.26. The summed E-state index contributed by atoms with van der Waals surface area (Å²) in [5, 5.41) is 4.36. The van der Waals surface area contributed by atoms with Crippen LogP contribution in [-0.4, -0.2) is 25.2 Å². The number of aryl methyl sites for hydroxylation is 2. The molecule has 0 radical (unpaired) electrons. The highest BCUT2D eigenvalue weighted by Crippen LogP contribution is 2.11. The molecule has 0 bridgehead atoms. The van der Waals surface area contributed by atoms with Gasteiger partial charge in [-0.1, -0.05) is 12.1 Å². The van der Waals surface area contributed by atoms with Gasteiger partial charge in [0.15, 0.2) is 0 Å². The molecule has 3 aromatic rings. The van der Waals surface area contributed by atoms with Gasteiger partial charge >= 0.3 is 0 Å². The van der Waals surface area contributed by atoms with Gasteiger partial charge in [0.1, 0.15) is 0 Å². The van der Waals surface area contributed by atoms with E-state index in [0.717, 1.165) is 28.4 Å². The van der Waals surface area contributed by atoms with Crippen molar-refractivity contribution in [2.75, 3.05) is 5.43 Å². The van der Waals surface area contributed by atoms with Gasteiger partial charge in [-0.05, 0) is 44.5 Å². The van der Waals surface area contributed by atoms with Crippen LogP contribution in [0.15, 0.2) is 54.2 Å². The quantitative estimate of drug-likeness (QED) is 0.594. The first kappa shape index (κ1) is 14.9. The molecule has 3 rings (SSSR count). The third kappa shape index (κ3) is 3.60. The van der Waals surface area contributed by atoms with Crippen molar-refractivity contribution >= 4 is 11.7 Å². The molecule has 116 valence electrons. The molecule has 0 atom stereocenters. The van der Waals surface area contributed by atoms with Crippen LogP contribution in [0.3, 0.4) is 0 Å². The van der Waals surface area contributed by atoms with Crippen LogP contribution in [0.2, 0.25) is 0 Å². The number of rotatable bonds is 4. The normalized spacial score (nSPS) is 11.5. The molecular weight excluding hydrogens is 288 g/mol. The van der Waals surface area contributed by atoms with Gasteiger partial charge in [-0.3, -0.25) is 0 Å². The number of aromatic nitrogens is 4. The summed E-state index contributed by atoms with van der Waals surface area (Å²) in [6.07, 6.45) is 5.44. The molecular formula is C17H18N6. The molecule has 0 saturated carbocycles. The van der Waals surface area contributed by atoms with Crippen molar-refractivity contribution in [3.63, 3.8) is 0 Å². The highest BCUT2D eigenvalue weighted by Gasteiger charge is 2.01. The van der Waals surface area contributed by atoms with Crippen LogP contribution in [0.4, 0.5) is 5.95 Å². The standard InChI is InChI=1S/C17H18N6/c1-12-10-13(2)20-17(19-12)22-21-14(3)15-4-6-16(7-5-15)23-9-8-18-11-23/h4-11H,1-3H3,(H,19,20,22)/b21-14-. The Kier molecular flexibility index (Phi) is 4.14. The van der Waals surface area contributed by atoms with Gasteiger partial charge in [0.25, 0.3) is 0 Å². The van der Waals surface area contributed by atoms with E-state index in [-0.39, 0.29) is 0 Å². The number of anilines is 1. The molecule has 0 spiro atoms. The lowest BCUT2D eigenvalue weighted by Crippen LogP contribution is -2.04. The Labute approximate surface area is 134 Å². The van der Waals surface area contributed by atoms with E-state index in [0.29, 0.717) is 5.95 Å². The maximum atomic E-state index is 4.36. The lowest BCUT2D eigenvalue weighted by atomic mass is 10.1. The zero-order valence-electron chi connectivity index (χ0n) is 13.4. The van der Waals surface area contributed by atoms with Gasteiger partial charge < -0.3 is 4.57 Å². The predicted molar refractivity (Wildman–Crippen MR) is 90.9 cm³/mol. The van der Waals surface area contributed by atoms with Crippen molar-refractivity contribution in [1.29, 1.82) is 0 Å². The first-order chi connectivity index (χ1) is 11.1. The van der Waals surface area contributed by atoms with E-state index in [1.165, 1.54) is 0 Å². The summed E-state index contributed by atoms with van der Waals surface area (Å²) in [4.78, 5) is 12.7. The van der Waals surface area contributed by atoms with Gasteiger partial charge in [-0.25, -0.2) is 20.4 Å². The molecule has 6 nitrogen and oxygen atoms in total. The maximum Gasteiger partial charge on any atom is 0.243 e. The van der Waals surface area contributed by atoms with E-state index in [2.05, 4.69) is 25.5 Å². The summed E-state index contributed by atoms with van der Waals surface area (Å²) < 4.78 is 1.96. The summed E-state index contributed by atoms with van der Waals surface area (Å²) in [5.74, 6) is 0.511. The topological polar surface area (TPSA) is 68.0 Å². The Balaban J connectivity index is 1.75. The first-order valence-corrected chi connectivity index (χ1v) is 7.33. The zero-order chi connectivity index (χ0) is 16.2. The summed E-state index contributed by atoms with van der Waals surface area (Å²) in [5.41, 5.74) is 7.70. The Bertz CT molecular complexity index is 799. The number of benzene rings is 1. The van der Waals surface area contributed by atoms with Gasteiger partial charge in [0.05, 0.1) is 12.0 Å². The molecule has 0 aliphatic rings. The minimum absolute atomic E-state index is 0.511. The van der Waals surface area contributed by atoms with Gasteiger partial charge in [0.2, 0.25) is 5.95 Å². The van der Waals surface area contributed by atoms with E-state index in [1.54, 1.807) is 12.5 Å². The third-order valence-corrected chi connectivity index (χ3v) is 3.39. The summed E-state index contributed by atoms with van der Waals surface area (Å²) in [7, 11) is 0. The third-order valence-electron chi connectivity index (χ3n) is 3.39. The monoisotopic (exact) mass is 306 g/mol. The van der Waals surface area contributed by atoms with E-state index >= 15 is 0 Å². The van der Waals surface area contributed by atoms with Crippen molar-refractivity contribution in [1.82, 2.24) is 19.5 Å². The Hall–Kier alpha value is -3.02. The van der Waals surface area contributed by atoms with Crippen molar-refractivity contribution in [3.8, 4) is 5.69 Å². The van der Waals surface area contributed by atoms with Crippen LogP contribution in [0, 0.1) is 13.8 Å². The number of nitrogens with zero attached hydrogens (tertiary/aromatic N) is 5. The van der Waals surface area contributed by atoms with Crippen LogP contribution in [-0.2, 0) is 0 Å². The fraction of sp³-hybridized carbons (Fsp3) is 0.176. The largest absolute Gasteiger partial charge is 0.306 e. The van der Waals surface area contributed by atoms with Crippen LogP contribution in [0.25, 0.3) is 5.69 Å². The molecule has 0 unspecified atom stereocenters. The second kappa shape index (κ2) is 6.39.